The van der Waals surface area contributed by atoms with Crippen LogP contribution in [-0.2, 0) is 0 Å². The van der Waals surface area contributed by atoms with Crippen molar-refractivity contribution >= 4 is 21.9 Å². The van der Waals surface area contributed by atoms with Crippen LogP contribution in [0.1, 0.15) is 15.9 Å². The van der Waals surface area contributed by atoms with E-state index in [2.05, 4.69) is 15.9 Å². The number of carboxylic acid groups (broad SMARTS) is 1. The van der Waals surface area contributed by atoms with Gasteiger partial charge in [-0.3, -0.25) is 0 Å². The van der Waals surface area contributed by atoms with Crippen molar-refractivity contribution in [3.63, 3.8) is 0 Å². The molecule has 0 saturated carbocycles. The molecule has 0 saturated heterocycles. The summed E-state index contributed by atoms with van der Waals surface area (Å²) in [6.45, 7) is 1.76. The Morgan fingerprint density at radius 2 is 2.00 bits per heavy atom. The zero-order valence-corrected chi connectivity index (χ0v) is 11.6. The molecule has 3 nitrogen and oxygen atoms in total. The summed E-state index contributed by atoms with van der Waals surface area (Å²) in [6, 6.07) is 8.90. The van der Waals surface area contributed by atoms with Crippen LogP contribution in [0.2, 0.25) is 0 Å². The minimum absolute atomic E-state index is 0.00570. The zero-order chi connectivity index (χ0) is 14.0. The van der Waals surface area contributed by atoms with E-state index in [0.29, 0.717) is 10.2 Å². The van der Waals surface area contributed by atoms with Crippen LogP contribution in [0.25, 0.3) is 0 Å². The number of carboxylic acids is 1. The van der Waals surface area contributed by atoms with Gasteiger partial charge in [0.25, 0.3) is 0 Å². The van der Waals surface area contributed by atoms with E-state index in [1.165, 1.54) is 18.2 Å². The molecule has 0 aromatic heterocycles. The Balaban J connectivity index is 2.46. The lowest BCUT2D eigenvalue weighted by atomic mass is 10.2. The highest BCUT2D eigenvalue weighted by atomic mass is 79.9. The average molecular weight is 325 g/mol. The fourth-order valence-electron chi connectivity index (χ4n) is 1.60. The summed E-state index contributed by atoms with van der Waals surface area (Å²) < 4.78 is 19.1. The number of rotatable bonds is 3. The lowest BCUT2D eigenvalue weighted by molar-refractivity contribution is 0.0693. The van der Waals surface area contributed by atoms with Crippen LogP contribution in [0, 0.1) is 12.7 Å². The van der Waals surface area contributed by atoms with Crippen molar-refractivity contribution in [1.82, 2.24) is 0 Å². The Hall–Kier alpha value is -1.88. The monoisotopic (exact) mass is 324 g/mol. The fourth-order valence-corrected chi connectivity index (χ4v) is 2.12. The van der Waals surface area contributed by atoms with Gasteiger partial charge < -0.3 is 9.84 Å². The molecular formula is C14H10BrFO3. The third kappa shape index (κ3) is 2.93. The van der Waals surface area contributed by atoms with E-state index in [9.17, 15) is 9.18 Å². The first-order valence-corrected chi connectivity index (χ1v) is 6.24. The van der Waals surface area contributed by atoms with E-state index in [0.717, 1.165) is 5.56 Å². The Morgan fingerprint density at radius 3 is 2.68 bits per heavy atom. The van der Waals surface area contributed by atoms with Crippen LogP contribution < -0.4 is 4.74 Å². The van der Waals surface area contributed by atoms with Gasteiger partial charge in [0.15, 0.2) is 0 Å². The molecule has 5 heteroatoms. The molecule has 0 aliphatic carbocycles. The van der Waals surface area contributed by atoms with Gasteiger partial charge in [0.1, 0.15) is 22.9 Å². The van der Waals surface area contributed by atoms with Crippen LogP contribution in [0.5, 0.6) is 11.5 Å². The van der Waals surface area contributed by atoms with Crippen LogP contribution in [-0.4, -0.2) is 11.1 Å². The fraction of sp³-hybridized carbons (Fsp3) is 0.0714. The summed E-state index contributed by atoms with van der Waals surface area (Å²) in [6.07, 6.45) is 0. The van der Waals surface area contributed by atoms with E-state index >= 15 is 0 Å². The second-order valence-corrected chi connectivity index (χ2v) is 4.78. The Morgan fingerprint density at radius 1 is 1.26 bits per heavy atom. The van der Waals surface area contributed by atoms with Crippen molar-refractivity contribution in [2.45, 2.75) is 6.92 Å². The molecule has 2 aromatic rings. The second-order valence-electron chi connectivity index (χ2n) is 3.93. The molecule has 2 aromatic carbocycles. The number of hydrogen-bond acceptors (Lipinski definition) is 2. The Kier molecular flexibility index (Phi) is 3.85. The number of halogens is 2. The molecule has 0 amide bonds. The summed E-state index contributed by atoms with van der Waals surface area (Å²) in [5.41, 5.74) is 0.726. The van der Waals surface area contributed by atoms with E-state index in [1.807, 2.05) is 0 Å². The molecule has 0 radical (unpaired) electrons. The molecule has 0 heterocycles. The summed E-state index contributed by atoms with van der Waals surface area (Å²) in [4.78, 5) is 11.2. The molecule has 0 spiro atoms. The van der Waals surface area contributed by atoms with Crippen molar-refractivity contribution in [2.24, 2.45) is 0 Å². The van der Waals surface area contributed by atoms with Crippen molar-refractivity contribution in [3.8, 4) is 11.5 Å². The largest absolute Gasteiger partial charge is 0.478 e. The van der Waals surface area contributed by atoms with Gasteiger partial charge in [0.2, 0.25) is 0 Å². The van der Waals surface area contributed by atoms with Gasteiger partial charge >= 0.3 is 5.97 Å². The molecule has 0 bridgehead atoms. The molecule has 0 aliphatic rings. The quantitative estimate of drug-likeness (QED) is 0.910. The summed E-state index contributed by atoms with van der Waals surface area (Å²) >= 11 is 3.16. The van der Waals surface area contributed by atoms with Crippen molar-refractivity contribution in [2.75, 3.05) is 0 Å². The predicted molar refractivity (Wildman–Crippen MR) is 72.3 cm³/mol. The van der Waals surface area contributed by atoms with E-state index in [4.69, 9.17) is 9.84 Å². The predicted octanol–water partition coefficient (Wildman–Crippen LogP) is 4.39. The standard InChI is InChI=1S/C14H10BrFO3/c1-8-5-6-9(16)7-12(8)19-11-4-2-3-10(15)13(11)14(17)18/h2-7H,1H3,(H,17,18). The average Bonchev–Trinajstić information content (AvgIpc) is 2.33. The van der Waals surface area contributed by atoms with Gasteiger partial charge in [-0.25, -0.2) is 9.18 Å². The van der Waals surface area contributed by atoms with Gasteiger partial charge in [-0.2, -0.15) is 0 Å². The number of benzene rings is 2. The lowest BCUT2D eigenvalue weighted by Crippen LogP contribution is -2.01. The molecule has 0 atom stereocenters. The molecule has 2 rings (SSSR count). The normalized spacial score (nSPS) is 10.3. The van der Waals surface area contributed by atoms with Gasteiger partial charge in [0, 0.05) is 10.5 Å². The molecule has 0 fully saturated rings. The van der Waals surface area contributed by atoms with E-state index in [1.54, 1.807) is 25.1 Å². The minimum Gasteiger partial charge on any atom is -0.478 e. The highest BCUT2D eigenvalue weighted by Gasteiger charge is 2.16. The van der Waals surface area contributed by atoms with Crippen molar-refractivity contribution in [3.05, 3.63) is 57.8 Å². The number of aromatic carboxylic acids is 1. The van der Waals surface area contributed by atoms with E-state index in [-0.39, 0.29) is 11.3 Å². The molecule has 98 valence electrons. The third-order valence-corrected chi connectivity index (χ3v) is 3.22. The second kappa shape index (κ2) is 5.40. The third-order valence-electron chi connectivity index (χ3n) is 2.56. The summed E-state index contributed by atoms with van der Waals surface area (Å²) in [5.74, 6) is -1.10. The summed E-state index contributed by atoms with van der Waals surface area (Å²) in [5, 5.41) is 9.16. The first kappa shape index (κ1) is 13.5. The van der Waals surface area contributed by atoms with Gasteiger partial charge in [0.05, 0.1) is 0 Å². The molecule has 0 unspecified atom stereocenters. The first-order valence-electron chi connectivity index (χ1n) is 5.45. The molecule has 0 aliphatic heterocycles. The van der Waals surface area contributed by atoms with Crippen molar-refractivity contribution < 1.29 is 19.0 Å². The number of hydrogen-bond donors (Lipinski definition) is 1. The molecular weight excluding hydrogens is 315 g/mol. The minimum atomic E-state index is -1.11. The topological polar surface area (TPSA) is 46.5 Å². The Bertz CT molecular complexity index is 641. The van der Waals surface area contributed by atoms with Crippen LogP contribution in [0.4, 0.5) is 4.39 Å². The zero-order valence-electron chi connectivity index (χ0n) is 9.98. The SMILES string of the molecule is Cc1ccc(F)cc1Oc1cccc(Br)c1C(=O)O. The Labute approximate surface area is 117 Å². The molecule has 19 heavy (non-hydrogen) atoms. The number of ether oxygens (including phenoxy) is 1. The maximum atomic E-state index is 13.2. The maximum absolute atomic E-state index is 13.2. The smallest absolute Gasteiger partial charge is 0.340 e. The van der Waals surface area contributed by atoms with Crippen LogP contribution in [0.15, 0.2) is 40.9 Å². The van der Waals surface area contributed by atoms with Crippen LogP contribution in [0.3, 0.4) is 0 Å². The van der Waals surface area contributed by atoms with Gasteiger partial charge in [-0.1, -0.05) is 12.1 Å². The maximum Gasteiger partial charge on any atom is 0.340 e. The first-order chi connectivity index (χ1) is 8.99. The number of aryl methyl sites for hydroxylation is 1. The van der Waals surface area contributed by atoms with E-state index < -0.39 is 11.8 Å². The molecule has 1 N–H and O–H groups in total. The van der Waals surface area contributed by atoms with Crippen molar-refractivity contribution in [1.29, 1.82) is 0 Å². The highest BCUT2D eigenvalue weighted by molar-refractivity contribution is 9.10. The van der Waals surface area contributed by atoms with Gasteiger partial charge in [-0.05, 0) is 46.6 Å². The number of carbonyl (C=O) groups is 1. The highest BCUT2D eigenvalue weighted by Crippen LogP contribution is 2.32. The van der Waals surface area contributed by atoms with Gasteiger partial charge in [-0.15, -0.1) is 0 Å². The van der Waals surface area contributed by atoms with Crippen LogP contribution >= 0.6 is 15.9 Å². The lowest BCUT2D eigenvalue weighted by Gasteiger charge is -2.12. The summed E-state index contributed by atoms with van der Waals surface area (Å²) in [7, 11) is 0.